The van der Waals surface area contributed by atoms with E-state index in [1.807, 2.05) is 11.5 Å². The van der Waals surface area contributed by atoms with Crippen LogP contribution in [0.4, 0.5) is 5.69 Å². The standard InChI is InChI=1S/C20H19N3O5S/c1-3-28-11-10-22-17-9-8-16(23(26)27)12-18(17)29-20(22)21-19(25)15-6-4-14(5-7-15)13(2)24/h4-9,12H,3,10-11H2,1-2H3. The van der Waals surface area contributed by atoms with Gasteiger partial charge in [-0.25, -0.2) is 0 Å². The minimum absolute atomic E-state index is 0.0200. The van der Waals surface area contributed by atoms with Gasteiger partial charge in [0, 0.05) is 36.4 Å². The summed E-state index contributed by atoms with van der Waals surface area (Å²) in [5, 5.41) is 11.1. The summed E-state index contributed by atoms with van der Waals surface area (Å²) < 4.78 is 7.90. The molecule has 0 bridgehead atoms. The van der Waals surface area contributed by atoms with Crippen molar-refractivity contribution in [2.75, 3.05) is 13.2 Å². The summed E-state index contributed by atoms with van der Waals surface area (Å²) in [6.07, 6.45) is 0. The fourth-order valence-corrected chi connectivity index (χ4v) is 3.86. The SMILES string of the molecule is CCOCCn1c(=NC(=O)c2ccc(C(C)=O)cc2)sc2cc([N+](=O)[O-])ccc21. The van der Waals surface area contributed by atoms with E-state index < -0.39 is 10.8 Å². The lowest BCUT2D eigenvalue weighted by Gasteiger charge is -2.05. The van der Waals surface area contributed by atoms with Crippen LogP contribution in [0.2, 0.25) is 0 Å². The van der Waals surface area contributed by atoms with Crippen LogP contribution < -0.4 is 4.80 Å². The highest BCUT2D eigenvalue weighted by molar-refractivity contribution is 7.16. The lowest BCUT2D eigenvalue weighted by Crippen LogP contribution is -2.19. The number of aromatic nitrogens is 1. The molecular formula is C20H19N3O5S. The van der Waals surface area contributed by atoms with E-state index >= 15 is 0 Å². The summed E-state index contributed by atoms with van der Waals surface area (Å²) in [4.78, 5) is 39.3. The second-order valence-electron chi connectivity index (χ2n) is 6.19. The first kappa shape index (κ1) is 20.6. The van der Waals surface area contributed by atoms with Crippen molar-refractivity contribution in [2.24, 2.45) is 4.99 Å². The second kappa shape index (κ2) is 8.89. The number of hydrogen-bond acceptors (Lipinski definition) is 6. The van der Waals surface area contributed by atoms with Crippen LogP contribution >= 0.6 is 11.3 Å². The second-order valence-corrected chi connectivity index (χ2v) is 7.20. The van der Waals surface area contributed by atoms with Gasteiger partial charge in [-0.05, 0) is 32.0 Å². The van der Waals surface area contributed by atoms with Gasteiger partial charge in [0.25, 0.3) is 11.6 Å². The van der Waals surface area contributed by atoms with Crippen molar-refractivity contribution in [1.82, 2.24) is 4.57 Å². The van der Waals surface area contributed by atoms with Gasteiger partial charge in [-0.1, -0.05) is 23.5 Å². The predicted octanol–water partition coefficient (Wildman–Crippen LogP) is 3.59. The number of carbonyl (C=O) groups is 2. The number of non-ortho nitro benzene ring substituents is 1. The zero-order valence-electron chi connectivity index (χ0n) is 16.0. The van der Waals surface area contributed by atoms with E-state index in [4.69, 9.17) is 4.74 Å². The number of benzene rings is 2. The van der Waals surface area contributed by atoms with Crippen molar-refractivity contribution >= 4 is 38.9 Å². The van der Waals surface area contributed by atoms with E-state index in [9.17, 15) is 19.7 Å². The fourth-order valence-electron chi connectivity index (χ4n) is 2.78. The smallest absolute Gasteiger partial charge is 0.279 e. The molecule has 3 rings (SSSR count). The quantitative estimate of drug-likeness (QED) is 0.255. The first-order valence-electron chi connectivity index (χ1n) is 8.96. The average Bonchev–Trinajstić information content (AvgIpc) is 3.04. The van der Waals surface area contributed by atoms with Crippen molar-refractivity contribution < 1.29 is 19.2 Å². The molecule has 1 amide bonds. The van der Waals surface area contributed by atoms with Gasteiger partial charge < -0.3 is 9.30 Å². The third-order valence-electron chi connectivity index (χ3n) is 4.28. The Labute approximate surface area is 170 Å². The van der Waals surface area contributed by atoms with Crippen LogP contribution in [-0.4, -0.2) is 34.4 Å². The molecule has 0 aliphatic rings. The largest absolute Gasteiger partial charge is 0.380 e. The van der Waals surface area contributed by atoms with Crippen molar-refractivity contribution in [3.8, 4) is 0 Å². The molecule has 0 aliphatic carbocycles. The van der Waals surface area contributed by atoms with Gasteiger partial charge in [0.2, 0.25) is 0 Å². The van der Waals surface area contributed by atoms with Crippen LogP contribution in [0, 0.1) is 10.1 Å². The van der Waals surface area contributed by atoms with Crippen molar-refractivity contribution in [1.29, 1.82) is 0 Å². The number of fused-ring (bicyclic) bond motifs is 1. The molecule has 9 heteroatoms. The number of thiazole rings is 1. The Hall–Kier alpha value is -3.17. The molecule has 0 fully saturated rings. The first-order chi connectivity index (χ1) is 13.9. The van der Waals surface area contributed by atoms with Crippen LogP contribution in [0.1, 0.15) is 34.6 Å². The number of rotatable bonds is 7. The van der Waals surface area contributed by atoms with Gasteiger partial charge in [0.15, 0.2) is 10.6 Å². The van der Waals surface area contributed by atoms with Crippen molar-refractivity contribution in [3.63, 3.8) is 0 Å². The van der Waals surface area contributed by atoms with Crippen LogP contribution in [0.5, 0.6) is 0 Å². The van der Waals surface area contributed by atoms with Gasteiger partial charge in [-0.15, -0.1) is 0 Å². The Morgan fingerprint density at radius 3 is 2.48 bits per heavy atom. The van der Waals surface area contributed by atoms with E-state index in [1.54, 1.807) is 30.3 Å². The van der Waals surface area contributed by atoms with Crippen LogP contribution in [-0.2, 0) is 11.3 Å². The van der Waals surface area contributed by atoms with E-state index in [0.717, 1.165) is 5.52 Å². The number of nitro groups is 1. The molecule has 0 saturated carbocycles. The van der Waals surface area contributed by atoms with E-state index in [2.05, 4.69) is 4.99 Å². The maximum absolute atomic E-state index is 12.6. The summed E-state index contributed by atoms with van der Waals surface area (Å²) in [5.74, 6) is -0.535. The molecule has 2 aromatic carbocycles. The summed E-state index contributed by atoms with van der Waals surface area (Å²) in [6.45, 7) is 4.79. The molecule has 0 spiro atoms. The molecule has 3 aromatic rings. The maximum Gasteiger partial charge on any atom is 0.279 e. The summed E-state index contributed by atoms with van der Waals surface area (Å²) in [6, 6.07) is 10.9. The summed E-state index contributed by atoms with van der Waals surface area (Å²) in [5.41, 5.74) is 1.60. The highest BCUT2D eigenvalue weighted by Gasteiger charge is 2.13. The molecule has 0 saturated heterocycles. The van der Waals surface area contributed by atoms with Gasteiger partial charge in [-0.3, -0.25) is 19.7 Å². The number of amides is 1. The predicted molar refractivity (Wildman–Crippen MR) is 109 cm³/mol. The molecule has 0 unspecified atom stereocenters. The number of ether oxygens (including phenoxy) is 1. The number of nitro benzene ring substituents is 1. The Kier molecular flexibility index (Phi) is 6.30. The number of hydrogen-bond donors (Lipinski definition) is 0. The molecule has 150 valence electrons. The number of ketones is 1. The minimum atomic E-state index is -0.456. The number of nitrogens with zero attached hydrogens (tertiary/aromatic N) is 3. The molecule has 1 aromatic heterocycles. The van der Waals surface area contributed by atoms with Crippen LogP contribution in [0.15, 0.2) is 47.5 Å². The topological polar surface area (TPSA) is 104 Å². The zero-order chi connectivity index (χ0) is 21.0. The van der Waals surface area contributed by atoms with E-state index in [0.29, 0.717) is 40.4 Å². The first-order valence-corrected chi connectivity index (χ1v) is 9.78. The fraction of sp³-hybridized carbons (Fsp3) is 0.250. The lowest BCUT2D eigenvalue weighted by molar-refractivity contribution is -0.384. The Morgan fingerprint density at radius 2 is 1.86 bits per heavy atom. The Balaban J connectivity index is 2.04. The highest BCUT2D eigenvalue weighted by atomic mass is 32.1. The molecule has 0 N–H and O–H groups in total. The van der Waals surface area contributed by atoms with Gasteiger partial charge in [0.1, 0.15) is 0 Å². The molecular weight excluding hydrogens is 394 g/mol. The lowest BCUT2D eigenvalue weighted by atomic mass is 10.1. The summed E-state index contributed by atoms with van der Waals surface area (Å²) in [7, 11) is 0. The molecule has 8 nitrogen and oxygen atoms in total. The van der Waals surface area contributed by atoms with E-state index in [-0.39, 0.29) is 11.5 Å². The third kappa shape index (κ3) is 4.64. The Morgan fingerprint density at radius 1 is 1.17 bits per heavy atom. The van der Waals surface area contributed by atoms with Gasteiger partial charge in [0.05, 0.1) is 21.7 Å². The van der Waals surface area contributed by atoms with Crippen LogP contribution in [0.3, 0.4) is 0 Å². The molecule has 0 aliphatic heterocycles. The van der Waals surface area contributed by atoms with Gasteiger partial charge in [-0.2, -0.15) is 4.99 Å². The molecule has 29 heavy (non-hydrogen) atoms. The maximum atomic E-state index is 12.6. The third-order valence-corrected chi connectivity index (χ3v) is 5.32. The average molecular weight is 413 g/mol. The normalized spacial score (nSPS) is 11.7. The monoisotopic (exact) mass is 413 g/mol. The Bertz CT molecular complexity index is 1150. The van der Waals surface area contributed by atoms with Gasteiger partial charge >= 0.3 is 0 Å². The van der Waals surface area contributed by atoms with E-state index in [1.165, 1.54) is 30.4 Å². The molecule has 0 atom stereocenters. The minimum Gasteiger partial charge on any atom is -0.380 e. The molecule has 0 radical (unpaired) electrons. The van der Waals surface area contributed by atoms with Crippen molar-refractivity contribution in [2.45, 2.75) is 20.4 Å². The number of carbonyl (C=O) groups excluding carboxylic acids is 2. The number of Topliss-reactive ketones (excluding diaryl/α,β-unsaturated/α-hetero) is 1. The molecule has 1 heterocycles. The zero-order valence-corrected chi connectivity index (χ0v) is 16.8. The van der Waals surface area contributed by atoms with Crippen LogP contribution in [0.25, 0.3) is 10.2 Å². The van der Waals surface area contributed by atoms with Crippen molar-refractivity contribution in [3.05, 3.63) is 68.5 Å². The highest BCUT2D eigenvalue weighted by Crippen LogP contribution is 2.23. The summed E-state index contributed by atoms with van der Waals surface area (Å²) >= 11 is 1.21.